The average molecular weight is 371 g/mol. The summed E-state index contributed by atoms with van der Waals surface area (Å²) in [6.45, 7) is 4.03. The minimum Gasteiger partial charge on any atom is -0.298 e. The fourth-order valence-electron chi connectivity index (χ4n) is 2.88. The molecule has 3 rings (SSSR count). The Kier molecular flexibility index (Phi) is 4.69. The Hall–Kier alpha value is -2.87. The molecule has 0 radical (unpaired) electrons. The van der Waals surface area contributed by atoms with Crippen LogP contribution in [-0.4, -0.2) is 21.6 Å². The molecule has 7 nitrogen and oxygen atoms in total. The van der Waals surface area contributed by atoms with Gasteiger partial charge in [-0.1, -0.05) is 37.3 Å². The van der Waals surface area contributed by atoms with Gasteiger partial charge in [-0.2, -0.15) is 0 Å². The molecule has 0 bridgehead atoms. The van der Waals surface area contributed by atoms with Gasteiger partial charge in [-0.25, -0.2) is 4.98 Å². The highest BCUT2D eigenvalue weighted by atomic mass is 32.1. The summed E-state index contributed by atoms with van der Waals surface area (Å²) in [6, 6.07) is 6.16. The fourth-order valence-corrected chi connectivity index (χ4v) is 3.80. The van der Waals surface area contributed by atoms with E-state index in [0.29, 0.717) is 34.1 Å². The molecule has 0 aliphatic heterocycles. The van der Waals surface area contributed by atoms with Crippen molar-refractivity contribution in [2.75, 3.05) is 5.32 Å². The normalized spacial score (nSPS) is 15.7. The van der Waals surface area contributed by atoms with Gasteiger partial charge in [-0.15, -0.1) is 0 Å². The summed E-state index contributed by atoms with van der Waals surface area (Å²) in [5.41, 5.74) is 0.845. The van der Waals surface area contributed by atoms with Gasteiger partial charge < -0.3 is 0 Å². The largest absolute Gasteiger partial charge is 0.298 e. The lowest BCUT2D eigenvalue weighted by Crippen LogP contribution is -2.26. The highest BCUT2D eigenvalue weighted by Crippen LogP contribution is 2.38. The molecule has 0 spiro atoms. The Labute approximate surface area is 153 Å². The summed E-state index contributed by atoms with van der Waals surface area (Å²) in [5, 5.41) is 14.0. The molecule has 26 heavy (non-hydrogen) atoms. The maximum absolute atomic E-state index is 12.2. The van der Waals surface area contributed by atoms with Crippen molar-refractivity contribution in [2.24, 2.45) is 5.41 Å². The zero-order valence-electron chi connectivity index (χ0n) is 14.3. The number of thiazole rings is 1. The molecule has 0 saturated heterocycles. The number of fused-ring (bicyclic) bond motifs is 1. The van der Waals surface area contributed by atoms with E-state index in [0.717, 1.165) is 0 Å². The van der Waals surface area contributed by atoms with E-state index in [1.165, 1.54) is 29.6 Å². The Morgan fingerprint density at radius 3 is 2.81 bits per heavy atom. The minimum absolute atomic E-state index is 0.0460. The van der Waals surface area contributed by atoms with Crippen molar-refractivity contribution in [3.05, 3.63) is 56.6 Å². The predicted molar refractivity (Wildman–Crippen MR) is 99.3 cm³/mol. The third-order valence-corrected chi connectivity index (χ3v) is 5.07. The van der Waals surface area contributed by atoms with E-state index in [1.54, 1.807) is 18.2 Å². The number of ketones is 1. The van der Waals surface area contributed by atoms with Crippen LogP contribution in [0.4, 0.5) is 10.8 Å². The number of amides is 1. The van der Waals surface area contributed by atoms with Crippen molar-refractivity contribution in [2.45, 2.75) is 26.7 Å². The third kappa shape index (κ3) is 3.85. The summed E-state index contributed by atoms with van der Waals surface area (Å²) >= 11 is 1.17. The van der Waals surface area contributed by atoms with Crippen LogP contribution in [0.5, 0.6) is 0 Å². The molecule has 0 saturated carbocycles. The number of benzene rings is 1. The van der Waals surface area contributed by atoms with Crippen LogP contribution in [0, 0.1) is 15.5 Å². The topological polar surface area (TPSA) is 102 Å². The monoisotopic (exact) mass is 371 g/mol. The number of rotatable bonds is 4. The lowest BCUT2D eigenvalue weighted by molar-refractivity contribution is -0.385. The number of para-hydroxylation sites is 1. The first-order valence-corrected chi connectivity index (χ1v) is 8.82. The number of nitrogens with one attached hydrogen (secondary N) is 1. The first kappa shape index (κ1) is 17.9. The maximum Gasteiger partial charge on any atom is 0.276 e. The summed E-state index contributed by atoms with van der Waals surface area (Å²) in [6.07, 6.45) is 3.75. The van der Waals surface area contributed by atoms with Gasteiger partial charge in [-0.05, 0) is 24.0 Å². The van der Waals surface area contributed by atoms with E-state index >= 15 is 0 Å². The lowest BCUT2D eigenvalue weighted by atomic mass is 9.78. The number of carbonyl (C=O) groups is 2. The van der Waals surface area contributed by atoms with Gasteiger partial charge in [0.1, 0.15) is 0 Å². The maximum atomic E-state index is 12.2. The van der Waals surface area contributed by atoms with Crippen molar-refractivity contribution >= 4 is 39.9 Å². The van der Waals surface area contributed by atoms with Crippen LogP contribution in [0.1, 0.15) is 41.2 Å². The second-order valence-electron chi connectivity index (χ2n) is 6.87. The van der Waals surface area contributed by atoms with Crippen LogP contribution in [-0.2, 0) is 11.2 Å². The molecule has 1 amide bonds. The van der Waals surface area contributed by atoms with E-state index < -0.39 is 10.8 Å². The molecule has 1 aliphatic carbocycles. The molecule has 2 aromatic rings. The van der Waals surface area contributed by atoms with Gasteiger partial charge in [0.15, 0.2) is 10.9 Å². The molecule has 1 aliphatic rings. The Morgan fingerprint density at radius 1 is 1.35 bits per heavy atom. The standard InChI is InChI=1S/C18H17N3O4S/c1-18(2)9-12-16(14(22)10-18)26-17(19-12)20-15(23)8-7-11-5-3-4-6-13(11)21(24)25/h3-8H,9-10H2,1-2H3,(H,19,20,23)/b8-7+. The zero-order valence-corrected chi connectivity index (χ0v) is 15.1. The first-order valence-electron chi connectivity index (χ1n) is 8.00. The molecule has 1 heterocycles. The average Bonchev–Trinajstić information content (AvgIpc) is 2.94. The number of aromatic nitrogens is 1. The van der Waals surface area contributed by atoms with E-state index in [1.807, 2.05) is 13.8 Å². The molecule has 134 valence electrons. The van der Waals surface area contributed by atoms with Crippen LogP contribution in [0.3, 0.4) is 0 Å². The zero-order chi connectivity index (χ0) is 18.9. The number of Topliss-reactive ketones (excluding diaryl/α,β-unsaturated/α-hetero) is 1. The van der Waals surface area contributed by atoms with E-state index in [2.05, 4.69) is 10.3 Å². The summed E-state index contributed by atoms with van der Waals surface area (Å²) in [4.78, 5) is 39.7. The molecule has 0 fully saturated rings. The number of hydrogen-bond donors (Lipinski definition) is 1. The number of nitro benzene ring substituents is 1. The second kappa shape index (κ2) is 6.80. The van der Waals surface area contributed by atoms with Gasteiger partial charge in [0.2, 0.25) is 5.91 Å². The molecular weight excluding hydrogens is 354 g/mol. The predicted octanol–water partition coefficient (Wildman–Crippen LogP) is 3.86. The van der Waals surface area contributed by atoms with Gasteiger partial charge in [-0.3, -0.25) is 25.0 Å². The van der Waals surface area contributed by atoms with E-state index in [4.69, 9.17) is 0 Å². The molecule has 0 atom stereocenters. The van der Waals surface area contributed by atoms with Crippen molar-refractivity contribution in [1.82, 2.24) is 4.98 Å². The van der Waals surface area contributed by atoms with Crippen LogP contribution in [0.25, 0.3) is 6.08 Å². The van der Waals surface area contributed by atoms with Crippen LogP contribution >= 0.6 is 11.3 Å². The lowest BCUT2D eigenvalue weighted by Gasteiger charge is -2.26. The SMILES string of the molecule is CC1(C)CC(=O)c2sc(NC(=O)/C=C/c3ccccc3[N+](=O)[O-])nc2C1. The van der Waals surface area contributed by atoms with Crippen molar-refractivity contribution in [1.29, 1.82) is 0 Å². The quantitative estimate of drug-likeness (QED) is 0.499. The number of nitro groups is 1. The Balaban J connectivity index is 1.74. The van der Waals surface area contributed by atoms with Gasteiger partial charge >= 0.3 is 0 Å². The van der Waals surface area contributed by atoms with Crippen molar-refractivity contribution in [3.63, 3.8) is 0 Å². The number of carbonyl (C=O) groups excluding carboxylic acids is 2. The van der Waals surface area contributed by atoms with Crippen molar-refractivity contribution in [3.8, 4) is 0 Å². The smallest absolute Gasteiger partial charge is 0.276 e. The van der Waals surface area contributed by atoms with E-state index in [9.17, 15) is 19.7 Å². The summed E-state index contributed by atoms with van der Waals surface area (Å²) in [5.74, 6) is -0.411. The second-order valence-corrected chi connectivity index (χ2v) is 7.87. The van der Waals surface area contributed by atoms with Gasteiger partial charge in [0.25, 0.3) is 5.69 Å². The van der Waals surface area contributed by atoms with Crippen LogP contribution in [0.15, 0.2) is 30.3 Å². The highest BCUT2D eigenvalue weighted by Gasteiger charge is 2.34. The Morgan fingerprint density at radius 2 is 2.08 bits per heavy atom. The highest BCUT2D eigenvalue weighted by molar-refractivity contribution is 7.17. The fraction of sp³-hybridized carbons (Fsp3) is 0.278. The summed E-state index contributed by atoms with van der Waals surface area (Å²) in [7, 11) is 0. The molecule has 0 unspecified atom stereocenters. The molecule has 8 heteroatoms. The molecule has 1 N–H and O–H groups in total. The van der Waals surface area contributed by atoms with Crippen LogP contribution in [0.2, 0.25) is 0 Å². The third-order valence-electron chi connectivity index (χ3n) is 4.01. The molecule has 1 aromatic heterocycles. The summed E-state index contributed by atoms with van der Waals surface area (Å²) < 4.78 is 0. The first-order chi connectivity index (χ1) is 12.2. The Bertz CT molecular complexity index is 930. The number of nitrogens with zero attached hydrogens (tertiary/aromatic N) is 2. The molecular formula is C18H17N3O4S. The number of anilines is 1. The minimum atomic E-state index is -0.500. The van der Waals surface area contributed by atoms with Crippen molar-refractivity contribution < 1.29 is 14.5 Å². The number of hydrogen-bond acceptors (Lipinski definition) is 6. The van der Waals surface area contributed by atoms with Gasteiger partial charge in [0.05, 0.1) is 21.1 Å². The van der Waals surface area contributed by atoms with Gasteiger partial charge in [0, 0.05) is 18.6 Å². The van der Waals surface area contributed by atoms with Crippen LogP contribution < -0.4 is 5.32 Å². The van der Waals surface area contributed by atoms with E-state index in [-0.39, 0.29) is 16.9 Å². The molecule has 1 aromatic carbocycles.